The number of allylic oxidation sites excluding steroid dienone is 4. The summed E-state index contributed by atoms with van der Waals surface area (Å²) in [5.74, 6) is -1.46. The van der Waals surface area contributed by atoms with Crippen LogP contribution >= 0.6 is 0 Å². The van der Waals surface area contributed by atoms with E-state index in [4.69, 9.17) is 14.2 Å². The highest BCUT2D eigenvalue weighted by atomic mass is 16.6. The smallest absolute Gasteiger partial charge is 0.407 e. The molecule has 338 valence electrons. The summed E-state index contributed by atoms with van der Waals surface area (Å²) in [6, 6.07) is 13.0. The van der Waals surface area contributed by atoms with E-state index < -0.39 is 48.0 Å². The van der Waals surface area contributed by atoms with Crippen LogP contribution in [-0.2, 0) is 38.2 Å². The lowest BCUT2D eigenvalue weighted by Gasteiger charge is -2.58. The Morgan fingerprint density at radius 2 is 1.49 bits per heavy atom. The first kappa shape index (κ1) is 45.7. The van der Waals surface area contributed by atoms with Crippen molar-refractivity contribution >= 4 is 35.6 Å². The van der Waals surface area contributed by atoms with Crippen molar-refractivity contribution in [2.75, 3.05) is 19.9 Å². The Bertz CT molecular complexity index is 2130. The minimum Gasteiger partial charge on any atom is -0.461 e. The summed E-state index contributed by atoms with van der Waals surface area (Å²) in [5.41, 5.74) is 4.73. The molecule has 8 unspecified atom stereocenters. The maximum absolute atomic E-state index is 13.1. The minimum absolute atomic E-state index is 0.0101. The van der Waals surface area contributed by atoms with E-state index in [0.29, 0.717) is 18.8 Å². The normalized spacial score (nSPS) is 29.3. The van der Waals surface area contributed by atoms with E-state index >= 15 is 0 Å². The molecular formula is C49H62N4O10. The average molecular weight is 867 g/mol. The van der Waals surface area contributed by atoms with E-state index in [9.17, 15) is 33.9 Å². The second-order valence-electron chi connectivity index (χ2n) is 18.8. The molecule has 2 aromatic carbocycles. The Kier molecular flexibility index (Phi) is 13.6. The largest absolute Gasteiger partial charge is 0.461 e. The van der Waals surface area contributed by atoms with Crippen LogP contribution in [0.1, 0.15) is 97.1 Å². The van der Waals surface area contributed by atoms with Crippen LogP contribution in [0.4, 0.5) is 4.79 Å². The second kappa shape index (κ2) is 18.8. The Labute approximate surface area is 369 Å². The number of rotatable bonds is 15. The molecule has 0 heterocycles. The van der Waals surface area contributed by atoms with Crippen LogP contribution in [0.2, 0.25) is 0 Å². The first-order valence-electron chi connectivity index (χ1n) is 22.4. The molecule has 14 heteroatoms. The number of fused-ring (bicyclic) bond motifs is 8. The molecule has 0 spiro atoms. The third kappa shape index (κ3) is 9.34. The number of aliphatic hydroxyl groups is 1. The molecule has 3 saturated carbocycles. The quantitative estimate of drug-likeness (QED) is 0.0898. The maximum atomic E-state index is 13.1. The van der Waals surface area contributed by atoms with Crippen LogP contribution in [0.5, 0.6) is 0 Å². The van der Waals surface area contributed by atoms with Crippen LogP contribution in [0.25, 0.3) is 11.1 Å². The van der Waals surface area contributed by atoms with Gasteiger partial charge in [-0.25, -0.2) is 4.79 Å². The first-order valence-corrected chi connectivity index (χ1v) is 22.4. The van der Waals surface area contributed by atoms with E-state index in [1.54, 1.807) is 12.2 Å². The lowest BCUT2D eigenvalue weighted by atomic mass is 9.47. The van der Waals surface area contributed by atoms with Crippen molar-refractivity contribution in [1.29, 1.82) is 0 Å². The number of ketones is 1. The molecule has 14 nitrogen and oxygen atoms in total. The third-order valence-electron chi connectivity index (χ3n) is 14.6. The van der Waals surface area contributed by atoms with Gasteiger partial charge in [-0.1, -0.05) is 81.0 Å². The van der Waals surface area contributed by atoms with Crippen LogP contribution in [-0.4, -0.2) is 91.0 Å². The summed E-state index contributed by atoms with van der Waals surface area (Å²) in [6.07, 6.45) is 7.41. The molecule has 0 aromatic heterocycles. The van der Waals surface area contributed by atoms with E-state index in [1.807, 2.05) is 54.6 Å². The summed E-state index contributed by atoms with van der Waals surface area (Å²) < 4.78 is 17.3. The fraction of sp³-hybridized carbons (Fsp3) is 0.551. The maximum Gasteiger partial charge on any atom is 0.407 e. The van der Waals surface area contributed by atoms with Crippen LogP contribution in [0.3, 0.4) is 0 Å². The number of hydrogen-bond acceptors (Lipinski definition) is 10. The van der Waals surface area contributed by atoms with Crippen molar-refractivity contribution in [3.8, 4) is 11.1 Å². The molecule has 7 rings (SSSR count). The Morgan fingerprint density at radius 1 is 0.873 bits per heavy atom. The van der Waals surface area contributed by atoms with Gasteiger partial charge in [-0.3, -0.25) is 24.0 Å². The van der Waals surface area contributed by atoms with Crippen molar-refractivity contribution in [1.82, 2.24) is 21.3 Å². The number of ether oxygens (including phenoxy) is 3. The zero-order chi connectivity index (χ0) is 45.2. The van der Waals surface area contributed by atoms with Crippen LogP contribution in [0, 0.1) is 34.5 Å². The summed E-state index contributed by atoms with van der Waals surface area (Å²) in [4.78, 5) is 76.4. The number of esters is 1. The number of aliphatic hydroxyl groups excluding tert-OH is 1. The molecule has 5 aliphatic rings. The van der Waals surface area contributed by atoms with Crippen molar-refractivity contribution in [3.63, 3.8) is 0 Å². The zero-order valence-electron chi connectivity index (χ0n) is 37.1. The van der Waals surface area contributed by atoms with Gasteiger partial charge in [0.15, 0.2) is 5.78 Å². The topological polar surface area (TPSA) is 198 Å². The van der Waals surface area contributed by atoms with Gasteiger partial charge >= 0.3 is 12.1 Å². The van der Waals surface area contributed by atoms with Crippen molar-refractivity contribution < 1.29 is 48.1 Å². The molecule has 3 fully saturated rings. The van der Waals surface area contributed by atoms with Crippen LogP contribution < -0.4 is 21.3 Å². The molecule has 5 aliphatic carbocycles. The van der Waals surface area contributed by atoms with Gasteiger partial charge in [-0.15, -0.1) is 0 Å². The molecule has 0 aliphatic heterocycles. The fourth-order valence-electron chi connectivity index (χ4n) is 11.5. The number of amides is 4. The SMILES string of the molecule is CC1CC2C3CCC4=CC(=O)C=CC4(C)C3C(O)CC2(C)C1OC(=O)CCCOCNC(=O)[C@H](C)NC(=O)[C@H](C)NC(=O)[C@H](C)NC(=O)OCC1c2ccccc2-c2ccccc21. The standard InChI is InChI=1S/C49H62N4O10/c1-27-22-39-37-18-17-31-23-32(54)19-20-48(31,5)42(37)40(55)24-49(39,6)43(27)63-41(56)16-11-21-61-26-50-44(57)28(2)51-45(58)29(3)52-46(59)30(4)53-47(60)62-25-38-35-14-9-7-12-33(35)34-13-8-10-15-36(34)38/h7-10,12-15,19-20,23,27-30,37-40,42-43,55H,11,16-18,21-22,24-26H2,1-6H3,(H,50,57)(H,51,58)(H,52,59)(H,53,60)/t27?,28-,29-,30-,37?,39?,40?,42?,43?,48?,49?/m0/s1. The van der Waals surface area contributed by atoms with E-state index in [-0.39, 0.29) is 78.7 Å². The van der Waals surface area contributed by atoms with Gasteiger partial charge < -0.3 is 40.6 Å². The highest BCUT2D eigenvalue weighted by Gasteiger charge is 2.64. The monoisotopic (exact) mass is 866 g/mol. The molecule has 4 amide bonds. The molecule has 63 heavy (non-hydrogen) atoms. The van der Waals surface area contributed by atoms with Crippen LogP contribution in [0.15, 0.2) is 72.3 Å². The van der Waals surface area contributed by atoms with E-state index in [0.717, 1.165) is 47.1 Å². The minimum atomic E-state index is -1.01. The highest BCUT2D eigenvalue weighted by Crippen LogP contribution is 2.66. The van der Waals surface area contributed by atoms with Gasteiger partial charge in [0, 0.05) is 35.7 Å². The summed E-state index contributed by atoms with van der Waals surface area (Å²) in [5, 5.41) is 21.9. The van der Waals surface area contributed by atoms with Gasteiger partial charge in [0.05, 0.1) is 6.10 Å². The molecule has 2 aromatic rings. The molecule has 11 atom stereocenters. The Hall–Kier alpha value is -5.34. The molecule has 0 saturated heterocycles. The summed E-state index contributed by atoms with van der Waals surface area (Å²) in [6.45, 7) is 11.0. The molecule has 0 radical (unpaired) electrons. The summed E-state index contributed by atoms with van der Waals surface area (Å²) >= 11 is 0. The number of carbonyl (C=O) groups is 6. The van der Waals surface area contributed by atoms with Gasteiger partial charge in [-0.05, 0) is 105 Å². The van der Waals surface area contributed by atoms with E-state index in [1.165, 1.54) is 20.8 Å². The van der Waals surface area contributed by atoms with Crippen molar-refractivity contribution in [2.45, 2.75) is 116 Å². The number of benzene rings is 2. The first-order chi connectivity index (χ1) is 30.0. The number of alkyl carbamates (subject to hydrolysis) is 1. The lowest BCUT2D eigenvalue weighted by Crippen LogP contribution is -2.57. The molecule has 5 N–H and O–H groups in total. The van der Waals surface area contributed by atoms with Gasteiger partial charge in [0.2, 0.25) is 17.7 Å². The highest BCUT2D eigenvalue weighted by molar-refractivity contribution is 6.01. The van der Waals surface area contributed by atoms with Crippen molar-refractivity contribution in [3.05, 3.63) is 83.5 Å². The number of nitrogens with one attached hydrogen (secondary N) is 4. The Balaban J connectivity index is 0.771. The van der Waals surface area contributed by atoms with E-state index in [2.05, 4.69) is 42.0 Å². The zero-order valence-corrected chi connectivity index (χ0v) is 37.1. The second-order valence-corrected chi connectivity index (χ2v) is 18.8. The third-order valence-corrected chi connectivity index (χ3v) is 14.6. The number of carbonyl (C=O) groups excluding carboxylic acids is 6. The Morgan fingerprint density at radius 3 is 2.16 bits per heavy atom. The predicted molar refractivity (Wildman–Crippen MR) is 234 cm³/mol. The van der Waals surface area contributed by atoms with Gasteiger partial charge in [0.1, 0.15) is 37.6 Å². The number of hydrogen-bond donors (Lipinski definition) is 5. The molecular weight excluding hydrogens is 805 g/mol. The lowest BCUT2D eigenvalue weighted by molar-refractivity contribution is -0.170. The molecule has 0 bridgehead atoms. The van der Waals surface area contributed by atoms with Gasteiger partial charge in [0.25, 0.3) is 0 Å². The fourth-order valence-corrected chi connectivity index (χ4v) is 11.5. The predicted octanol–water partition coefficient (Wildman–Crippen LogP) is 5.23. The van der Waals surface area contributed by atoms with Gasteiger partial charge in [-0.2, -0.15) is 0 Å². The van der Waals surface area contributed by atoms with Crippen molar-refractivity contribution in [2.24, 2.45) is 34.5 Å². The average Bonchev–Trinajstić information content (AvgIpc) is 3.70. The summed E-state index contributed by atoms with van der Waals surface area (Å²) in [7, 11) is 0.